The Morgan fingerprint density at radius 1 is 1.50 bits per heavy atom. The lowest BCUT2D eigenvalue weighted by atomic mass is 9.98. The van der Waals surface area contributed by atoms with Crippen LogP contribution in [-0.4, -0.2) is 18.1 Å². The van der Waals surface area contributed by atoms with Gasteiger partial charge in [0.1, 0.15) is 0 Å². The highest BCUT2D eigenvalue weighted by atomic mass is 35.5. The van der Waals surface area contributed by atoms with Crippen molar-refractivity contribution in [2.24, 2.45) is 0 Å². The van der Waals surface area contributed by atoms with Crippen LogP contribution in [0, 0.1) is 0 Å². The van der Waals surface area contributed by atoms with Crippen molar-refractivity contribution < 1.29 is 4.74 Å². The molecular weight excluding hydrogens is 248 g/mol. The lowest BCUT2D eigenvalue weighted by molar-refractivity contribution is 0.219. The number of hydrogen-bond donors (Lipinski definition) is 1. The molecule has 0 bridgehead atoms. The number of rotatable bonds is 5. The molecule has 0 spiro atoms. The summed E-state index contributed by atoms with van der Waals surface area (Å²) in [6.07, 6.45) is 6.81. The second-order valence-electron chi connectivity index (χ2n) is 4.46. The maximum absolute atomic E-state index is 5.88. The van der Waals surface area contributed by atoms with Crippen molar-refractivity contribution in [2.75, 3.05) is 13.2 Å². The molecule has 4 heteroatoms. The van der Waals surface area contributed by atoms with Crippen LogP contribution in [0.2, 0.25) is 5.02 Å². The van der Waals surface area contributed by atoms with Gasteiger partial charge in [-0.05, 0) is 43.5 Å². The van der Waals surface area contributed by atoms with E-state index < -0.39 is 0 Å². The molecule has 3 nitrogen and oxygen atoms in total. The highest BCUT2D eigenvalue weighted by molar-refractivity contribution is 6.30. The summed E-state index contributed by atoms with van der Waals surface area (Å²) >= 11 is 5.88. The summed E-state index contributed by atoms with van der Waals surface area (Å²) in [4.78, 5) is 4.42. The first-order valence-corrected chi connectivity index (χ1v) is 6.84. The second kappa shape index (κ2) is 6.76. The van der Waals surface area contributed by atoms with Crippen molar-refractivity contribution in [3.05, 3.63) is 40.9 Å². The van der Waals surface area contributed by atoms with Gasteiger partial charge in [-0.1, -0.05) is 18.5 Å². The Hall–Kier alpha value is -1.06. The first-order valence-electron chi connectivity index (χ1n) is 6.46. The zero-order valence-electron chi connectivity index (χ0n) is 10.7. The summed E-state index contributed by atoms with van der Waals surface area (Å²) in [5, 5.41) is 4.19. The van der Waals surface area contributed by atoms with Gasteiger partial charge in [0.15, 0.2) is 0 Å². The fourth-order valence-corrected chi connectivity index (χ4v) is 2.18. The third-order valence-corrected chi connectivity index (χ3v) is 3.20. The summed E-state index contributed by atoms with van der Waals surface area (Å²) < 4.78 is 5.43. The van der Waals surface area contributed by atoms with Gasteiger partial charge < -0.3 is 10.1 Å². The zero-order valence-corrected chi connectivity index (χ0v) is 11.4. The largest absolute Gasteiger partial charge is 0.501 e. The minimum absolute atomic E-state index is 0.141. The van der Waals surface area contributed by atoms with E-state index in [1.807, 2.05) is 18.4 Å². The molecule has 0 fully saturated rings. The summed E-state index contributed by atoms with van der Waals surface area (Å²) in [5.41, 5.74) is 2.27. The highest BCUT2D eigenvalue weighted by Gasteiger charge is 2.19. The van der Waals surface area contributed by atoms with E-state index in [2.05, 4.69) is 17.2 Å². The van der Waals surface area contributed by atoms with Crippen LogP contribution in [0.3, 0.4) is 0 Å². The van der Waals surface area contributed by atoms with Gasteiger partial charge in [-0.3, -0.25) is 4.98 Å². The van der Waals surface area contributed by atoms with Crippen molar-refractivity contribution in [3.8, 4) is 0 Å². The molecule has 0 saturated heterocycles. The minimum atomic E-state index is 0.141. The normalized spacial score (nSPS) is 16.9. The molecule has 0 aromatic carbocycles. The molecule has 1 aliphatic rings. The topological polar surface area (TPSA) is 34.1 Å². The van der Waals surface area contributed by atoms with E-state index in [0.29, 0.717) is 5.02 Å². The van der Waals surface area contributed by atoms with E-state index in [-0.39, 0.29) is 6.04 Å². The zero-order chi connectivity index (χ0) is 12.8. The molecule has 0 aliphatic carbocycles. The fourth-order valence-electron chi connectivity index (χ4n) is 2.07. The molecule has 2 rings (SSSR count). The SMILES string of the molecule is CCCNC(C1=COCCC1)c1ccc(Cl)cn1. The Bertz CT molecular complexity index is 403. The maximum atomic E-state index is 5.88. The van der Waals surface area contributed by atoms with Gasteiger partial charge in [-0.25, -0.2) is 0 Å². The Morgan fingerprint density at radius 3 is 3.00 bits per heavy atom. The molecule has 1 N–H and O–H groups in total. The molecule has 1 atom stereocenters. The molecule has 0 saturated carbocycles. The predicted molar refractivity (Wildman–Crippen MR) is 73.6 cm³/mol. The Labute approximate surface area is 113 Å². The smallest absolute Gasteiger partial charge is 0.0876 e. The number of ether oxygens (including phenoxy) is 1. The van der Waals surface area contributed by atoms with Crippen LogP contribution < -0.4 is 5.32 Å². The van der Waals surface area contributed by atoms with Gasteiger partial charge >= 0.3 is 0 Å². The number of hydrogen-bond acceptors (Lipinski definition) is 3. The Kier molecular flexibility index (Phi) is 5.02. The third-order valence-electron chi connectivity index (χ3n) is 2.98. The van der Waals surface area contributed by atoms with Crippen LogP contribution in [-0.2, 0) is 4.74 Å². The van der Waals surface area contributed by atoms with E-state index in [0.717, 1.165) is 38.1 Å². The molecule has 18 heavy (non-hydrogen) atoms. The lowest BCUT2D eigenvalue weighted by Crippen LogP contribution is -2.26. The number of nitrogens with zero attached hydrogens (tertiary/aromatic N) is 1. The second-order valence-corrected chi connectivity index (χ2v) is 4.89. The molecule has 1 aromatic heterocycles. The summed E-state index contributed by atoms with van der Waals surface area (Å²) in [6, 6.07) is 4.00. The van der Waals surface area contributed by atoms with E-state index in [1.165, 1.54) is 5.57 Å². The van der Waals surface area contributed by atoms with Crippen LogP contribution in [0.1, 0.15) is 37.9 Å². The minimum Gasteiger partial charge on any atom is -0.501 e. The van der Waals surface area contributed by atoms with Gasteiger partial charge in [-0.15, -0.1) is 0 Å². The maximum Gasteiger partial charge on any atom is 0.0876 e. The molecular formula is C14H19ClN2O. The van der Waals surface area contributed by atoms with Gasteiger partial charge in [0.05, 0.1) is 29.6 Å². The lowest BCUT2D eigenvalue weighted by Gasteiger charge is -2.24. The van der Waals surface area contributed by atoms with Gasteiger partial charge in [0, 0.05) is 6.20 Å². The quantitative estimate of drug-likeness (QED) is 0.886. The van der Waals surface area contributed by atoms with E-state index in [4.69, 9.17) is 16.3 Å². The van der Waals surface area contributed by atoms with Crippen molar-refractivity contribution in [3.63, 3.8) is 0 Å². The fraction of sp³-hybridized carbons (Fsp3) is 0.500. The van der Waals surface area contributed by atoms with Gasteiger partial charge in [-0.2, -0.15) is 0 Å². The van der Waals surface area contributed by atoms with E-state index in [9.17, 15) is 0 Å². The van der Waals surface area contributed by atoms with Crippen molar-refractivity contribution in [1.82, 2.24) is 10.3 Å². The summed E-state index contributed by atoms with van der Waals surface area (Å²) in [7, 11) is 0. The number of halogens is 1. The monoisotopic (exact) mass is 266 g/mol. The standard InChI is InChI=1S/C14H19ClN2O/c1-2-7-16-14(11-4-3-8-18-10-11)13-6-5-12(15)9-17-13/h5-6,9-10,14,16H,2-4,7-8H2,1H3. The summed E-state index contributed by atoms with van der Waals surface area (Å²) in [6.45, 7) is 3.94. The predicted octanol–water partition coefficient (Wildman–Crippen LogP) is 3.47. The van der Waals surface area contributed by atoms with Crippen LogP contribution in [0.5, 0.6) is 0 Å². The van der Waals surface area contributed by atoms with Gasteiger partial charge in [0.25, 0.3) is 0 Å². The van der Waals surface area contributed by atoms with Crippen molar-refractivity contribution >= 4 is 11.6 Å². The Morgan fingerprint density at radius 2 is 2.39 bits per heavy atom. The highest BCUT2D eigenvalue weighted by Crippen LogP contribution is 2.27. The summed E-state index contributed by atoms with van der Waals surface area (Å²) in [5.74, 6) is 0. The molecule has 1 aliphatic heterocycles. The van der Waals surface area contributed by atoms with Crippen LogP contribution in [0.4, 0.5) is 0 Å². The first kappa shape index (κ1) is 13.4. The molecule has 0 radical (unpaired) electrons. The van der Waals surface area contributed by atoms with Crippen LogP contribution in [0.15, 0.2) is 30.2 Å². The number of nitrogens with one attached hydrogen (secondary N) is 1. The van der Waals surface area contributed by atoms with Crippen molar-refractivity contribution in [1.29, 1.82) is 0 Å². The van der Waals surface area contributed by atoms with Crippen LogP contribution >= 0.6 is 11.6 Å². The van der Waals surface area contributed by atoms with E-state index in [1.54, 1.807) is 6.20 Å². The molecule has 98 valence electrons. The third kappa shape index (κ3) is 3.47. The van der Waals surface area contributed by atoms with Gasteiger partial charge in [0.2, 0.25) is 0 Å². The number of aromatic nitrogens is 1. The van der Waals surface area contributed by atoms with Crippen LogP contribution in [0.25, 0.3) is 0 Å². The Balaban J connectivity index is 2.18. The average Bonchev–Trinajstić information content (AvgIpc) is 2.42. The average molecular weight is 267 g/mol. The first-order chi connectivity index (χ1) is 8.81. The van der Waals surface area contributed by atoms with Crippen molar-refractivity contribution in [2.45, 2.75) is 32.2 Å². The molecule has 0 amide bonds. The molecule has 1 aromatic rings. The number of pyridine rings is 1. The molecule has 2 heterocycles. The van der Waals surface area contributed by atoms with E-state index >= 15 is 0 Å². The molecule has 1 unspecified atom stereocenters.